The summed E-state index contributed by atoms with van der Waals surface area (Å²) < 4.78 is 65.3. The molecule has 0 saturated carbocycles. The van der Waals surface area contributed by atoms with E-state index in [0.717, 1.165) is 0 Å². The Morgan fingerprint density at radius 1 is 0.522 bits per heavy atom. The monoisotopic (exact) mass is 316 g/mol. The Balaban J connectivity index is 2.26. The first-order chi connectivity index (χ1) is 11.0. The Bertz CT molecular complexity index is 897. The Kier molecular flexibility index (Phi) is 5.03. The number of benzene rings is 2. The summed E-state index contributed by atoms with van der Waals surface area (Å²) in [7, 11) is 0. The summed E-state index contributed by atoms with van der Waals surface area (Å²) in [4.78, 5) is 0. The van der Waals surface area contributed by atoms with Gasteiger partial charge in [0.25, 0.3) is 0 Å². The molecule has 0 aliphatic rings. The second-order valence-electron chi connectivity index (χ2n) is 4.06. The minimum Gasteiger partial charge on any atom is -0.202 e. The highest BCUT2D eigenvalue weighted by Gasteiger charge is 2.24. The Morgan fingerprint density at radius 2 is 1.00 bits per heavy atom. The molecule has 0 unspecified atom stereocenters. The Morgan fingerprint density at radius 3 is 1.57 bits per heavy atom. The molecule has 0 bridgehead atoms. The van der Waals surface area contributed by atoms with Crippen molar-refractivity contribution < 1.29 is 22.0 Å². The first kappa shape index (κ1) is 16.1. The highest BCUT2D eigenvalue weighted by atomic mass is 19.2. The van der Waals surface area contributed by atoms with Crippen molar-refractivity contribution in [3.05, 3.63) is 70.5 Å². The van der Waals surface area contributed by atoms with E-state index in [1.807, 2.05) is 12.0 Å². The van der Waals surface area contributed by atoms with Crippen LogP contribution in [0, 0.1) is 64.6 Å². The van der Waals surface area contributed by atoms with Gasteiger partial charge in [-0.3, -0.25) is 0 Å². The third-order valence-corrected chi connectivity index (χ3v) is 2.57. The van der Waals surface area contributed by atoms with E-state index in [2.05, 4.69) is 23.7 Å². The molecule has 0 aliphatic carbocycles. The number of rotatable bonds is 0. The Hall–Kier alpha value is -3.23. The maximum absolute atomic E-state index is 13.3. The molecule has 0 radical (unpaired) electrons. The van der Waals surface area contributed by atoms with Crippen molar-refractivity contribution in [3.63, 3.8) is 0 Å². The number of halogens is 5. The van der Waals surface area contributed by atoms with Crippen LogP contribution in [0.4, 0.5) is 22.0 Å². The summed E-state index contributed by atoms with van der Waals surface area (Å²) in [5, 5.41) is 0. The van der Waals surface area contributed by atoms with Crippen LogP contribution >= 0.6 is 0 Å². The van der Waals surface area contributed by atoms with Crippen LogP contribution in [0.2, 0.25) is 0 Å². The first-order valence-corrected chi connectivity index (χ1v) is 6.11. The summed E-state index contributed by atoms with van der Waals surface area (Å²) in [5.74, 6) is 3.04. The molecule has 0 atom stereocenters. The molecule has 0 N–H and O–H groups in total. The summed E-state index contributed by atoms with van der Waals surface area (Å²) in [6, 6.07) is 8.86. The minimum atomic E-state index is -2.23. The third-order valence-electron chi connectivity index (χ3n) is 2.57. The topological polar surface area (TPSA) is 0 Å². The molecule has 0 saturated heterocycles. The summed E-state index contributed by atoms with van der Waals surface area (Å²) in [6.45, 7) is 0. The van der Waals surface area contributed by atoms with Gasteiger partial charge in [0.15, 0.2) is 23.3 Å². The summed E-state index contributed by atoms with van der Waals surface area (Å²) in [5.41, 5.74) is -0.527. The molecule has 2 aromatic carbocycles. The van der Waals surface area contributed by atoms with Gasteiger partial charge in [0.1, 0.15) is 5.56 Å². The van der Waals surface area contributed by atoms with Gasteiger partial charge >= 0.3 is 0 Å². The lowest BCUT2D eigenvalue weighted by molar-refractivity contribution is 0.376. The SMILES string of the molecule is Fc1c(F)c(F)c(C#CC#CC#Cc2ccccc2)c(F)c1F. The van der Waals surface area contributed by atoms with Crippen LogP contribution in [-0.2, 0) is 0 Å². The van der Waals surface area contributed by atoms with Crippen molar-refractivity contribution in [1.82, 2.24) is 0 Å². The molecule has 2 rings (SSSR count). The van der Waals surface area contributed by atoms with Crippen LogP contribution in [0.1, 0.15) is 11.1 Å². The van der Waals surface area contributed by atoms with Crippen molar-refractivity contribution >= 4 is 0 Å². The molecular weight excluding hydrogens is 311 g/mol. The second kappa shape index (κ2) is 7.16. The average Bonchev–Trinajstić information content (AvgIpc) is 2.58. The van der Waals surface area contributed by atoms with Gasteiger partial charge in [-0.25, -0.2) is 22.0 Å². The van der Waals surface area contributed by atoms with Gasteiger partial charge in [-0.1, -0.05) is 24.1 Å². The quantitative estimate of drug-likeness (QED) is 0.300. The molecule has 0 aliphatic heterocycles. The van der Waals surface area contributed by atoms with Crippen LogP contribution in [0.3, 0.4) is 0 Å². The normalized spacial score (nSPS) is 8.91. The van der Waals surface area contributed by atoms with E-state index in [9.17, 15) is 22.0 Å². The minimum absolute atomic E-state index is 0.703. The number of hydrogen-bond acceptors (Lipinski definition) is 0. The molecule has 0 amide bonds. The average molecular weight is 316 g/mol. The smallest absolute Gasteiger partial charge is 0.200 e. The fourth-order valence-corrected chi connectivity index (χ4v) is 1.50. The molecule has 23 heavy (non-hydrogen) atoms. The largest absolute Gasteiger partial charge is 0.202 e. The van der Waals surface area contributed by atoms with E-state index >= 15 is 0 Å². The highest BCUT2D eigenvalue weighted by Crippen LogP contribution is 2.21. The second-order valence-corrected chi connectivity index (χ2v) is 4.06. The lowest BCUT2D eigenvalue weighted by Gasteiger charge is -2.01. The predicted molar refractivity (Wildman–Crippen MR) is 74.2 cm³/mol. The van der Waals surface area contributed by atoms with E-state index in [1.165, 1.54) is 0 Å². The zero-order valence-corrected chi connectivity index (χ0v) is 11.3. The maximum Gasteiger partial charge on any atom is 0.200 e. The summed E-state index contributed by atoms with van der Waals surface area (Å²) in [6.07, 6.45) is 0. The van der Waals surface area contributed by atoms with E-state index in [-0.39, 0.29) is 0 Å². The van der Waals surface area contributed by atoms with Crippen LogP contribution < -0.4 is 0 Å². The predicted octanol–water partition coefficient (Wildman–Crippen LogP) is 3.79. The van der Waals surface area contributed by atoms with Crippen LogP contribution in [-0.4, -0.2) is 0 Å². The zero-order chi connectivity index (χ0) is 16.8. The van der Waals surface area contributed by atoms with Gasteiger partial charge in [-0.05, 0) is 41.7 Å². The van der Waals surface area contributed by atoms with E-state index in [1.54, 1.807) is 30.2 Å². The van der Waals surface area contributed by atoms with E-state index < -0.39 is 34.6 Å². The van der Waals surface area contributed by atoms with Crippen LogP contribution in [0.5, 0.6) is 0 Å². The van der Waals surface area contributed by atoms with Crippen molar-refractivity contribution in [3.8, 4) is 35.5 Å². The first-order valence-electron chi connectivity index (χ1n) is 6.11. The van der Waals surface area contributed by atoms with Gasteiger partial charge in [0.05, 0.1) is 0 Å². The zero-order valence-electron chi connectivity index (χ0n) is 11.3. The molecule has 2 aromatic rings. The Labute approximate surface area is 129 Å². The van der Waals surface area contributed by atoms with Gasteiger partial charge in [-0.2, -0.15) is 0 Å². The molecule has 5 heteroatoms. The van der Waals surface area contributed by atoms with E-state index in [0.29, 0.717) is 5.56 Å². The van der Waals surface area contributed by atoms with Gasteiger partial charge in [-0.15, -0.1) is 0 Å². The molecule has 112 valence electrons. The van der Waals surface area contributed by atoms with Gasteiger partial charge in [0.2, 0.25) is 5.82 Å². The van der Waals surface area contributed by atoms with Crippen LogP contribution in [0.25, 0.3) is 0 Å². The molecule has 0 heterocycles. The lowest BCUT2D eigenvalue weighted by Crippen LogP contribution is -2.04. The number of hydrogen-bond donors (Lipinski definition) is 0. The van der Waals surface area contributed by atoms with Gasteiger partial charge in [0, 0.05) is 5.56 Å². The molecule has 0 fully saturated rings. The molecule has 0 spiro atoms. The highest BCUT2D eigenvalue weighted by molar-refractivity contribution is 5.46. The third kappa shape index (κ3) is 3.70. The molecule has 0 aromatic heterocycles. The van der Waals surface area contributed by atoms with Crippen molar-refractivity contribution in [2.75, 3.05) is 0 Å². The molecule has 0 nitrogen and oxygen atoms in total. The molecular formula is C18H5F5. The van der Waals surface area contributed by atoms with Crippen molar-refractivity contribution in [2.24, 2.45) is 0 Å². The van der Waals surface area contributed by atoms with Crippen LogP contribution in [0.15, 0.2) is 30.3 Å². The van der Waals surface area contributed by atoms with Crippen molar-refractivity contribution in [1.29, 1.82) is 0 Å². The van der Waals surface area contributed by atoms with Gasteiger partial charge < -0.3 is 0 Å². The van der Waals surface area contributed by atoms with Crippen molar-refractivity contribution in [2.45, 2.75) is 0 Å². The lowest BCUT2D eigenvalue weighted by atomic mass is 10.1. The fraction of sp³-hybridized carbons (Fsp3) is 0. The van der Waals surface area contributed by atoms with E-state index in [4.69, 9.17) is 0 Å². The standard InChI is InChI=1S/C18H5F5/c19-14-13(15(20)17(22)18(23)16(14)21)11-7-2-1-4-8-12-9-5-3-6-10-12/h3,5-6,9-10H. The maximum atomic E-state index is 13.3. The summed E-state index contributed by atoms with van der Waals surface area (Å²) >= 11 is 0. The fourth-order valence-electron chi connectivity index (χ4n) is 1.50.